The van der Waals surface area contributed by atoms with Crippen molar-refractivity contribution in [1.82, 2.24) is 10.2 Å². The molecule has 1 N–H and O–H groups in total. The molecule has 2 fully saturated rings. The minimum Gasteiger partial charge on any atom is -0.347 e. The predicted molar refractivity (Wildman–Crippen MR) is 84.0 cm³/mol. The quantitative estimate of drug-likeness (QED) is 0.906. The molecule has 1 spiro atoms. The molecule has 23 heavy (non-hydrogen) atoms. The SMILES string of the molecule is Cc1ccccc1C(=O)NCC(=O)N1CCC2(CC1)OCCO2. The fraction of sp³-hybridized carbons (Fsp3) is 0.529. The van der Waals surface area contributed by atoms with Gasteiger partial charge in [-0.05, 0) is 18.6 Å². The van der Waals surface area contributed by atoms with Crippen LogP contribution in [0.5, 0.6) is 0 Å². The summed E-state index contributed by atoms with van der Waals surface area (Å²) in [5.74, 6) is -0.770. The topological polar surface area (TPSA) is 67.9 Å². The van der Waals surface area contributed by atoms with E-state index in [4.69, 9.17) is 9.47 Å². The third-order valence-electron chi connectivity index (χ3n) is 4.48. The van der Waals surface area contributed by atoms with Crippen LogP contribution in [0, 0.1) is 6.92 Å². The standard InChI is InChI=1S/C17H22N2O4/c1-13-4-2-3-5-14(13)16(21)18-12-15(20)19-8-6-17(7-9-19)22-10-11-23-17/h2-5H,6-12H2,1H3,(H,18,21). The van der Waals surface area contributed by atoms with Gasteiger partial charge in [0, 0.05) is 31.5 Å². The van der Waals surface area contributed by atoms with Crippen LogP contribution < -0.4 is 5.32 Å². The third-order valence-corrected chi connectivity index (χ3v) is 4.48. The predicted octanol–water partition coefficient (Wildman–Crippen LogP) is 1.09. The van der Waals surface area contributed by atoms with E-state index in [1.54, 1.807) is 11.0 Å². The molecule has 0 aliphatic carbocycles. The Kier molecular flexibility index (Phi) is 4.63. The van der Waals surface area contributed by atoms with Gasteiger partial charge in [0.15, 0.2) is 5.79 Å². The molecule has 1 aromatic rings. The van der Waals surface area contributed by atoms with Crippen LogP contribution in [0.4, 0.5) is 0 Å². The first-order valence-corrected chi connectivity index (χ1v) is 7.99. The Morgan fingerprint density at radius 3 is 2.48 bits per heavy atom. The Labute approximate surface area is 135 Å². The summed E-state index contributed by atoms with van der Waals surface area (Å²) in [6.07, 6.45) is 1.37. The fourth-order valence-corrected chi connectivity index (χ4v) is 3.07. The largest absolute Gasteiger partial charge is 0.347 e. The summed E-state index contributed by atoms with van der Waals surface area (Å²) < 4.78 is 11.3. The minimum absolute atomic E-state index is 0.0158. The van der Waals surface area contributed by atoms with Gasteiger partial charge in [-0.3, -0.25) is 9.59 Å². The Bertz CT molecular complexity index is 586. The molecule has 2 aliphatic heterocycles. The lowest BCUT2D eigenvalue weighted by Gasteiger charge is -2.37. The first-order chi connectivity index (χ1) is 11.1. The number of nitrogens with zero attached hydrogens (tertiary/aromatic N) is 1. The van der Waals surface area contributed by atoms with E-state index < -0.39 is 5.79 Å². The zero-order valence-electron chi connectivity index (χ0n) is 13.3. The van der Waals surface area contributed by atoms with E-state index in [0.29, 0.717) is 44.7 Å². The second-order valence-corrected chi connectivity index (χ2v) is 5.99. The summed E-state index contributed by atoms with van der Waals surface area (Å²) in [4.78, 5) is 26.1. The van der Waals surface area contributed by atoms with Crippen molar-refractivity contribution in [3.63, 3.8) is 0 Å². The average Bonchev–Trinajstić information content (AvgIpc) is 3.01. The van der Waals surface area contributed by atoms with Crippen molar-refractivity contribution in [2.24, 2.45) is 0 Å². The molecular weight excluding hydrogens is 296 g/mol. The van der Waals surface area contributed by atoms with Gasteiger partial charge in [0.2, 0.25) is 5.91 Å². The van der Waals surface area contributed by atoms with E-state index in [9.17, 15) is 9.59 Å². The molecule has 1 aromatic carbocycles. The molecule has 2 aliphatic rings. The van der Waals surface area contributed by atoms with Crippen molar-refractivity contribution >= 4 is 11.8 Å². The number of amides is 2. The van der Waals surface area contributed by atoms with Crippen LogP contribution in [-0.2, 0) is 14.3 Å². The second kappa shape index (κ2) is 6.68. The Morgan fingerprint density at radius 2 is 1.83 bits per heavy atom. The zero-order valence-corrected chi connectivity index (χ0v) is 13.3. The second-order valence-electron chi connectivity index (χ2n) is 5.99. The van der Waals surface area contributed by atoms with E-state index in [1.165, 1.54) is 0 Å². The van der Waals surface area contributed by atoms with Crippen molar-refractivity contribution in [1.29, 1.82) is 0 Å². The lowest BCUT2D eigenvalue weighted by Crippen LogP contribution is -2.49. The molecule has 2 saturated heterocycles. The number of hydrogen-bond acceptors (Lipinski definition) is 4. The van der Waals surface area contributed by atoms with Crippen molar-refractivity contribution in [2.45, 2.75) is 25.6 Å². The molecule has 0 radical (unpaired) electrons. The lowest BCUT2D eigenvalue weighted by atomic mass is 10.0. The summed E-state index contributed by atoms with van der Waals surface area (Å²) in [5.41, 5.74) is 1.50. The van der Waals surface area contributed by atoms with Crippen LogP contribution >= 0.6 is 0 Å². The summed E-state index contributed by atoms with van der Waals surface area (Å²) in [6.45, 7) is 4.34. The van der Waals surface area contributed by atoms with E-state index in [-0.39, 0.29) is 18.4 Å². The molecule has 0 bridgehead atoms. The maximum atomic E-state index is 12.3. The van der Waals surface area contributed by atoms with Gasteiger partial charge in [-0.1, -0.05) is 18.2 Å². The lowest BCUT2D eigenvalue weighted by molar-refractivity contribution is -0.187. The van der Waals surface area contributed by atoms with Gasteiger partial charge in [-0.2, -0.15) is 0 Å². The molecule has 0 aromatic heterocycles. The first-order valence-electron chi connectivity index (χ1n) is 7.99. The number of aryl methyl sites for hydroxylation is 1. The Balaban J connectivity index is 1.48. The smallest absolute Gasteiger partial charge is 0.251 e. The summed E-state index contributed by atoms with van der Waals surface area (Å²) in [5, 5.41) is 2.71. The van der Waals surface area contributed by atoms with Crippen LogP contribution in [0.25, 0.3) is 0 Å². The highest BCUT2D eigenvalue weighted by Gasteiger charge is 2.40. The highest BCUT2D eigenvalue weighted by molar-refractivity contribution is 5.97. The normalized spacial score (nSPS) is 19.8. The average molecular weight is 318 g/mol. The van der Waals surface area contributed by atoms with Crippen LogP contribution in [0.3, 0.4) is 0 Å². The van der Waals surface area contributed by atoms with E-state index in [1.807, 2.05) is 25.1 Å². The zero-order chi connectivity index (χ0) is 16.3. The Morgan fingerprint density at radius 1 is 1.17 bits per heavy atom. The molecule has 3 rings (SSSR count). The number of hydrogen-bond donors (Lipinski definition) is 1. The van der Waals surface area contributed by atoms with Crippen molar-refractivity contribution in [3.05, 3.63) is 35.4 Å². The number of ether oxygens (including phenoxy) is 2. The van der Waals surface area contributed by atoms with Gasteiger partial charge in [-0.25, -0.2) is 0 Å². The van der Waals surface area contributed by atoms with Gasteiger partial charge in [0.05, 0.1) is 19.8 Å². The van der Waals surface area contributed by atoms with E-state index >= 15 is 0 Å². The van der Waals surface area contributed by atoms with E-state index in [2.05, 4.69) is 5.32 Å². The maximum Gasteiger partial charge on any atom is 0.251 e. The van der Waals surface area contributed by atoms with Gasteiger partial charge in [0.1, 0.15) is 0 Å². The summed E-state index contributed by atoms with van der Waals surface area (Å²) in [6, 6.07) is 7.33. The number of carbonyl (C=O) groups is 2. The van der Waals surface area contributed by atoms with Crippen LogP contribution in [0.2, 0.25) is 0 Å². The highest BCUT2D eigenvalue weighted by atomic mass is 16.7. The number of carbonyl (C=O) groups excluding carboxylic acids is 2. The van der Waals surface area contributed by atoms with Gasteiger partial charge < -0.3 is 19.7 Å². The molecule has 0 saturated carbocycles. The summed E-state index contributed by atoms with van der Waals surface area (Å²) in [7, 11) is 0. The third kappa shape index (κ3) is 3.54. The fourth-order valence-electron chi connectivity index (χ4n) is 3.07. The minimum atomic E-state index is -0.485. The van der Waals surface area contributed by atoms with Crippen LogP contribution in [0.1, 0.15) is 28.8 Å². The molecule has 124 valence electrons. The number of nitrogens with one attached hydrogen (secondary N) is 1. The number of rotatable bonds is 3. The molecule has 6 heteroatoms. The number of likely N-dealkylation sites (tertiary alicyclic amines) is 1. The monoisotopic (exact) mass is 318 g/mol. The number of piperidine rings is 1. The highest BCUT2D eigenvalue weighted by Crippen LogP contribution is 2.31. The molecule has 0 atom stereocenters. The van der Waals surface area contributed by atoms with Crippen molar-refractivity contribution in [3.8, 4) is 0 Å². The number of benzene rings is 1. The summed E-state index contributed by atoms with van der Waals surface area (Å²) >= 11 is 0. The van der Waals surface area contributed by atoms with Gasteiger partial charge >= 0.3 is 0 Å². The van der Waals surface area contributed by atoms with Gasteiger partial charge in [0.25, 0.3) is 5.91 Å². The molecule has 0 unspecified atom stereocenters. The Hall–Kier alpha value is -1.92. The van der Waals surface area contributed by atoms with Crippen LogP contribution in [-0.4, -0.2) is 55.3 Å². The van der Waals surface area contributed by atoms with E-state index in [0.717, 1.165) is 5.56 Å². The molecular formula is C17H22N2O4. The molecule has 2 amide bonds. The van der Waals surface area contributed by atoms with Crippen molar-refractivity contribution in [2.75, 3.05) is 32.8 Å². The maximum absolute atomic E-state index is 12.3. The van der Waals surface area contributed by atoms with Crippen molar-refractivity contribution < 1.29 is 19.1 Å². The van der Waals surface area contributed by atoms with Gasteiger partial charge in [-0.15, -0.1) is 0 Å². The molecule has 6 nitrogen and oxygen atoms in total. The van der Waals surface area contributed by atoms with Crippen LogP contribution in [0.15, 0.2) is 24.3 Å². The first kappa shape index (κ1) is 16.0. The molecule has 2 heterocycles.